The van der Waals surface area contributed by atoms with Crippen LogP contribution in [0.5, 0.6) is 0 Å². The molecule has 0 bridgehead atoms. The van der Waals surface area contributed by atoms with Gasteiger partial charge in [0.05, 0.1) is 0 Å². The number of hydrogen-bond donors (Lipinski definition) is 2. The molecule has 2 N–H and O–H groups in total. The Hall–Kier alpha value is -2.40. The monoisotopic (exact) mass is 312 g/mol. The first-order chi connectivity index (χ1) is 11.0. The molecule has 1 amide bonds. The van der Waals surface area contributed by atoms with E-state index < -0.39 is 0 Å². The maximum absolute atomic E-state index is 12.4. The Morgan fingerprint density at radius 3 is 2.65 bits per heavy atom. The largest absolute Gasteiger partial charge is 0.384 e. The summed E-state index contributed by atoms with van der Waals surface area (Å²) in [6, 6.07) is 9.58. The highest BCUT2D eigenvalue weighted by atomic mass is 16.1. The lowest BCUT2D eigenvalue weighted by molar-refractivity contribution is 0.102. The third kappa shape index (κ3) is 5.07. The zero-order valence-electron chi connectivity index (χ0n) is 14.2. The van der Waals surface area contributed by atoms with Gasteiger partial charge in [0, 0.05) is 30.7 Å². The standard InChI is InChI=1S/C18H24N4O/c1-13-5-6-16(14(2)11-13)21-18(23)17-12-15(7-8-20-17)19-9-10-22(3)4/h5-8,11-12H,9-10H2,1-4H3,(H,19,20)(H,21,23). The van der Waals surface area contributed by atoms with Crippen LogP contribution in [-0.4, -0.2) is 43.0 Å². The van der Waals surface area contributed by atoms with Crippen molar-refractivity contribution in [3.05, 3.63) is 53.3 Å². The maximum Gasteiger partial charge on any atom is 0.274 e. The number of anilines is 2. The van der Waals surface area contributed by atoms with Crippen LogP contribution < -0.4 is 10.6 Å². The molecule has 23 heavy (non-hydrogen) atoms. The van der Waals surface area contributed by atoms with Gasteiger partial charge in [0.1, 0.15) is 5.69 Å². The first-order valence-electron chi connectivity index (χ1n) is 7.69. The summed E-state index contributed by atoms with van der Waals surface area (Å²) in [4.78, 5) is 18.6. The third-order valence-corrected chi connectivity index (χ3v) is 3.51. The van der Waals surface area contributed by atoms with Gasteiger partial charge in [-0.2, -0.15) is 0 Å². The molecule has 0 aliphatic carbocycles. The van der Waals surface area contributed by atoms with Crippen molar-refractivity contribution >= 4 is 17.3 Å². The van der Waals surface area contributed by atoms with Crippen LogP contribution in [-0.2, 0) is 0 Å². The number of carbonyl (C=O) groups is 1. The first kappa shape index (κ1) is 17.0. The molecule has 0 saturated heterocycles. The fourth-order valence-corrected chi connectivity index (χ4v) is 2.23. The van der Waals surface area contributed by atoms with Crippen molar-refractivity contribution in [3.63, 3.8) is 0 Å². The molecule has 0 saturated carbocycles. The van der Waals surface area contributed by atoms with E-state index in [0.717, 1.165) is 30.0 Å². The lowest BCUT2D eigenvalue weighted by Gasteiger charge is -2.12. The topological polar surface area (TPSA) is 57.3 Å². The van der Waals surface area contributed by atoms with Crippen LogP contribution in [0.3, 0.4) is 0 Å². The second-order valence-corrected chi connectivity index (χ2v) is 5.93. The molecule has 2 rings (SSSR count). The molecule has 1 aromatic heterocycles. The highest BCUT2D eigenvalue weighted by Gasteiger charge is 2.10. The normalized spacial score (nSPS) is 10.7. The number of aryl methyl sites for hydroxylation is 2. The average molecular weight is 312 g/mol. The second-order valence-electron chi connectivity index (χ2n) is 5.93. The van der Waals surface area contributed by atoms with Gasteiger partial charge in [-0.25, -0.2) is 0 Å². The second kappa shape index (κ2) is 7.74. The van der Waals surface area contributed by atoms with E-state index >= 15 is 0 Å². The van der Waals surface area contributed by atoms with Crippen molar-refractivity contribution in [1.29, 1.82) is 0 Å². The van der Waals surface area contributed by atoms with E-state index in [2.05, 4.69) is 20.5 Å². The summed E-state index contributed by atoms with van der Waals surface area (Å²) in [5.41, 5.74) is 4.32. The van der Waals surface area contributed by atoms with E-state index in [1.54, 1.807) is 12.3 Å². The van der Waals surface area contributed by atoms with E-state index in [1.165, 1.54) is 5.56 Å². The lowest BCUT2D eigenvalue weighted by Crippen LogP contribution is -2.21. The van der Waals surface area contributed by atoms with Crippen molar-refractivity contribution in [2.24, 2.45) is 0 Å². The Labute approximate surface area is 137 Å². The number of pyridine rings is 1. The van der Waals surface area contributed by atoms with Crippen molar-refractivity contribution in [2.45, 2.75) is 13.8 Å². The molecular formula is C18H24N4O. The maximum atomic E-state index is 12.4. The Morgan fingerprint density at radius 1 is 1.17 bits per heavy atom. The quantitative estimate of drug-likeness (QED) is 0.861. The van der Waals surface area contributed by atoms with Gasteiger partial charge >= 0.3 is 0 Å². The predicted molar refractivity (Wildman–Crippen MR) is 95.1 cm³/mol. The van der Waals surface area contributed by atoms with E-state index in [1.807, 2.05) is 52.2 Å². The van der Waals surface area contributed by atoms with Gasteiger partial charge in [0.2, 0.25) is 0 Å². The van der Waals surface area contributed by atoms with Gasteiger partial charge in [-0.05, 0) is 51.7 Å². The van der Waals surface area contributed by atoms with Crippen molar-refractivity contribution in [2.75, 3.05) is 37.8 Å². The molecule has 1 aromatic carbocycles. The zero-order valence-corrected chi connectivity index (χ0v) is 14.2. The van der Waals surface area contributed by atoms with Crippen molar-refractivity contribution < 1.29 is 4.79 Å². The van der Waals surface area contributed by atoms with E-state index in [0.29, 0.717) is 5.69 Å². The molecule has 0 radical (unpaired) electrons. The number of benzene rings is 1. The van der Waals surface area contributed by atoms with Crippen molar-refractivity contribution in [3.8, 4) is 0 Å². The Balaban J connectivity index is 2.04. The number of amides is 1. The molecule has 0 aliphatic heterocycles. The minimum Gasteiger partial charge on any atom is -0.384 e. The lowest BCUT2D eigenvalue weighted by atomic mass is 10.1. The van der Waals surface area contributed by atoms with Gasteiger partial charge in [-0.1, -0.05) is 17.7 Å². The highest BCUT2D eigenvalue weighted by molar-refractivity contribution is 6.03. The fourth-order valence-electron chi connectivity index (χ4n) is 2.23. The summed E-state index contributed by atoms with van der Waals surface area (Å²) in [6.45, 7) is 5.75. The van der Waals surface area contributed by atoms with Gasteiger partial charge in [0.25, 0.3) is 5.91 Å². The number of hydrogen-bond acceptors (Lipinski definition) is 4. The zero-order chi connectivity index (χ0) is 16.8. The average Bonchev–Trinajstić information content (AvgIpc) is 2.50. The molecule has 0 unspecified atom stereocenters. The van der Waals surface area contributed by atoms with Gasteiger partial charge in [0.15, 0.2) is 0 Å². The highest BCUT2D eigenvalue weighted by Crippen LogP contribution is 2.17. The van der Waals surface area contributed by atoms with Crippen LogP contribution in [0.2, 0.25) is 0 Å². The van der Waals surface area contributed by atoms with Crippen LogP contribution >= 0.6 is 0 Å². The number of likely N-dealkylation sites (N-methyl/N-ethyl adjacent to an activating group) is 1. The molecule has 0 fully saturated rings. The first-order valence-corrected chi connectivity index (χ1v) is 7.69. The number of nitrogens with zero attached hydrogens (tertiary/aromatic N) is 2. The van der Waals surface area contributed by atoms with E-state index in [4.69, 9.17) is 0 Å². The molecule has 5 heteroatoms. The number of aromatic nitrogens is 1. The number of nitrogens with one attached hydrogen (secondary N) is 2. The molecule has 0 atom stereocenters. The number of rotatable bonds is 6. The summed E-state index contributed by atoms with van der Waals surface area (Å²) >= 11 is 0. The van der Waals surface area contributed by atoms with Gasteiger partial charge in [-0.3, -0.25) is 9.78 Å². The minimum atomic E-state index is -0.201. The molecule has 0 spiro atoms. The molecular weight excluding hydrogens is 288 g/mol. The van der Waals surface area contributed by atoms with Crippen molar-refractivity contribution in [1.82, 2.24) is 9.88 Å². The fraction of sp³-hybridized carbons (Fsp3) is 0.333. The van der Waals surface area contributed by atoms with Crippen LogP contribution in [0.25, 0.3) is 0 Å². The molecule has 0 aliphatic rings. The third-order valence-electron chi connectivity index (χ3n) is 3.51. The minimum absolute atomic E-state index is 0.201. The Kier molecular flexibility index (Phi) is 5.71. The number of carbonyl (C=O) groups excluding carboxylic acids is 1. The summed E-state index contributed by atoms with van der Waals surface area (Å²) in [7, 11) is 4.05. The summed E-state index contributed by atoms with van der Waals surface area (Å²) in [6.07, 6.45) is 1.65. The van der Waals surface area contributed by atoms with E-state index in [9.17, 15) is 4.79 Å². The van der Waals surface area contributed by atoms with Crippen LogP contribution in [0, 0.1) is 13.8 Å². The molecule has 5 nitrogen and oxygen atoms in total. The molecule has 2 aromatic rings. The van der Waals surface area contributed by atoms with Crippen LogP contribution in [0.4, 0.5) is 11.4 Å². The Bertz CT molecular complexity index is 682. The SMILES string of the molecule is Cc1ccc(NC(=O)c2cc(NCCN(C)C)ccn2)c(C)c1. The van der Waals surface area contributed by atoms with E-state index in [-0.39, 0.29) is 5.91 Å². The summed E-state index contributed by atoms with van der Waals surface area (Å²) < 4.78 is 0. The predicted octanol–water partition coefficient (Wildman–Crippen LogP) is 2.92. The smallest absolute Gasteiger partial charge is 0.274 e. The van der Waals surface area contributed by atoms with Crippen LogP contribution in [0.15, 0.2) is 36.5 Å². The molecule has 122 valence electrons. The summed E-state index contributed by atoms with van der Waals surface area (Å²) in [5.74, 6) is -0.201. The van der Waals surface area contributed by atoms with Crippen LogP contribution in [0.1, 0.15) is 21.6 Å². The Morgan fingerprint density at radius 2 is 1.96 bits per heavy atom. The van der Waals surface area contributed by atoms with Gasteiger partial charge in [-0.15, -0.1) is 0 Å². The summed E-state index contributed by atoms with van der Waals surface area (Å²) in [5, 5.41) is 6.21. The van der Waals surface area contributed by atoms with Gasteiger partial charge < -0.3 is 15.5 Å². The molecule has 1 heterocycles.